The van der Waals surface area contributed by atoms with Gasteiger partial charge in [-0.1, -0.05) is 23.7 Å². The zero-order chi connectivity index (χ0) is 22.8. The Morgan fingerprint density at radius 3 is 2.84 bits per heavy atom. The summed E-state index contributed by atoms with van der Waals surface area (Å²) in [5, 5.41) is 13.7. The van der Waals surface area contributed by atoms with Crippen LogP contribution >= 0.6 is 27.5 Å². The number of hydrogen-bond acceptors (Lipinski definition) is 5. The third kappa shape index (κ3) is 4.65. The van der Waals surface area contributed by atoms with Crippen molar-refractivity contribution in [1.29, 1.82) is 0 Å². The van der Waals surface area contributed by atoms with Crippen molar-refractivity contribution in [2.75, 3.05) is 4.31 Å². The number of benzene rings is 1. The number of aromatic nitrogens is 3. The summed E-state index contributed by atoms with van der Waals surface area (Å²) in [6.45, 7) is -0.258. The largest absolute Gasteiger partial charge is 0.480 e. The van der Waals surface area contributed by atoms with E-state index in [9.17, 15) is 13.6 Å². The molecule has 1 aliphatic rings. The monoisotopic (exact) mass is 540 g/mol. The molecule has 0 bridgehead atoms. The van der Waals surface area contributed by atoms with Crippen molar-refractivity contribution in [2.24, 2.45) is 0 Å². The number of rotatable bonds is 7. The van der Waals surface area contributed by atoms with Crippen molar-refractivity contribution >= 4 is 50.5 Å². The second-order valence-corrected chi connectivity index (χ2v) is 9.19. The molecule has 2 heterocycles. The number of carbonyl (C=O) groups is 1. The summed E-state index contributed by atoms with van der Waals surface area (Å²) in [6.07, 6.45) is 4.99. The quantitative estimate of drug-likeness (QED) is 0.420. The first-order valence-corrected chi connectivity index (χ1v) is 11.8. The van der Waals surface area contributed by atoms with Gasteiger partial charge in [-0.25, -0.2) is 9.19 Å². The van der Waals surface area contributed by atoms with Crippen molar-refractivity contribution in [3.8, 4) is 11.6 Å². The zero-order valence-electron chi connectivity index (χ0n) is 16.5. The molecule has 4 rings (SSSR count). The summed E-state index contributed by atoms with van der Waals surface area (Å²) < 4.78 is 31.5. The number of aliphatic carboxylic acids is 1. The maximum absolute atomic E-state index is 12.3. The number of pyridine rings is 1. The molecule has 2 N–H and O–H groups in total. The van der Waals surface area contributed by atoms with E-state index in [1.165, 1.54) is 15.2 Å². The van der Waals surface area contributed by atoms with E-state index in [4.69, 9.17) is 21.4 Å². The number of nitrogens with zero attached hydrogens (tertiary/aromatic N) is 4. The van der Waals surface area contributed by atoms with Gasteiger partial charge in [0.2, 0.25) is 5.88 Å². The Labute approximate surface area is 199 Å². The van der Waals surface area contributed by atoms with E-state index in [2.05, 4.69) is 26.0 Å². The van der Waals surface area contributed by atoms with Crippen LogP contribution in [-0.4, -0.2) is 34.6 Å². The standard InChI is InChI=1S/C20H18BrClN4O5S/c21-14-8-12(9-23-20(14)31-18-7-2-1-4-15(18)22)26(32(29)30)17-6-3-5-16-13(17)10-24-25(16)11-19(27)28/h1-2,4,7-10,17H,3,5-6,11H2,(H,27,28)(H,29,30). The number of anilines is 1. The van der Waals surface area contributed by atoms with Crippen LogP contribution in [0.4, 0.5) is 5.69 Å². The second-order valence-electron chi connectivity index (χ2n) is 7.08. The first kappa shape index (κ1) is 22.7. The van der Waals surface area contributed by atoms with Gasteiger partial charge in [-0.15, -0.1) is 0 Å². The number of fused-ring (bicyclic) bond motifs is 1. The van der Waals surface area contributed by atoms with Gasteiger partial charge in [-0.05, 0) is 53.4 Å². The first-order valence-electron chi connectivity index (χ1n) is 9.59. The molecule has 2 aromatic heterocycles. The Balaban J connectivity index is 1.65. The minimum absolute atomic E-state index is 0.254. The fourth-order valence-corrected chi connectivity index (χ4v) is 5.03. The maximum Gasteiger partial charge on any atom is 0.325 e. The van der Waals surface area contributed by atoms with E-state index in [1.54, 1.807) is 36.5 Å². The lowest BCUT2D eigenvalue weighted by atomic mass is 9.92. The summed E-state index contributed by atoms with van der Waals surface area (Å²) >= 11 is 7.19. The van der Waals surface area contributed by atoms with E-state index < -0.39 is 23.3 Å². The van der Waals surface area contributed by atoms with E-state index in [0.717, 1.165) is 17.7 Å². The highest BCUT2D eigenvalue weighted by molar-refractivity contribution is 9.10. The number of para-hydroxylation sites is 1. The van der Waals surface area contributed by atoms with Crippen molar-refractivity contribution in [3.05, 3.63) is 63.5 Å². The second kappa shape index (κ2) is 9.57. The molecule has 0 saturated carbocycles. The molecule has 2 atom stereocenters. The van der Waals surface area contributed by atoms with Crippen LogP contribution in [0, 0.1) is 0 Å². The van der Waals surface area contributed by atoms with Crippen molar-refractivity contribution in [3.63, 3.8) is 0 Å². The average molecular weight is 542 g/mol. The van der Waals surface area contributed by atoms with Gasteiger partial charge in [0.05, 0.1) is 33.6 Å². The number of hydrogen-bond donors (Lipinski definition) is 2. The molecule has 32 heavy (non-hydrogen) atoms. The van der Waals surface area contributed by atoms with Gasteiger partial charge in [-0.3, -0.25) is 18.3 Å². The summed E-state index contributed by atoms with van der Waals surface area (Å²) in [4.78, 5) is 15.4. The lowest BCUT2D eigenvalue weighted by Gasteiger charge is -2.32. The summed E-state index contributed by atoms with van der Waals surface area (Å²) in [7, 11) is 0. The molecule has 2 unspecified atom stereocenters. The highest BCUT2D eigenvalue weighted by Crippen LogP contribution is 2.40. The molecule has 0 spiro atoms. The number of halogens is 2. The predicted octanol–water partition coefficient (Wildman–Crippen LogP) is 4.59. The fraction of sp³-hybridized carbons (Fsp3) is 0.250. The van der Waals surface area contributed by atoms with Crippen LogP contribution in [-0.2, 0) is 29.0 Å². The number of ether oxygens (including phenoxy) is 1. The molecule has 0 amide bonds. The zero-order valence-corrected chi connectivity index (χ0v) is 19.7. The van der Waals surface area contributed by atoms with E-state index in [-0.39, 0.29) is 12.4 Å². The summed E-state index contributed by atoms with van der Waals surface area (Å²) in [5.74, 6) is -0.313. The molecule has 0 radical (unpaired) electrons. The molecule has 1 aromatic carbocycles. The Morgan fingerprint density at radius 1 is 1.38 bits per heavy atom. The van der Waals surface area contributed by atoms with Crippen molar-refractivity contribution in [2.45, 2.75) is 31.8 Å². The first-order chi connectivity index (χ1) is 15.3. The molecule has 1 aliphatic carbocycles. The summed E-state index contributed by atoms with van der Waals surface area (Å²) in [6, 6.07) is 8.15. The lowest BCUT2D eigenvalue weighted by Crippen LogP contribution is -2.33. The molecular weight excluding hydrogens is 524 g/mol. The molecule has 9 nitrogen and oxygen atoms in total. The van der Waals surface area contributed by atoms with Gasteiger partial charge >= 0.3 is 5.97 Å². The highest BCUT2D eigenvalue weighted by Gasteiger charge is 2.33. The van der Waals surface area contributed by atoms with Crippen molar-refractivity contribution in [1.82, 2.24) is 14.8 Å². The number of carboxylic acids is 1. The number of carboxylic acid groups (broad SMARTS) is 1. The van der Waals surface area contributed by atoms with Crippen LogP contribution in [0.5, 0.6) is 11.6 Å². The normalized spacial score (nSPS) is 16.3. The molecule has 0 aliphatic heterocycles. The van der Waals surface area contributed by atoms with Gasteiger partial charge in [0.25, 0.3) is 11.3 Å². The topological polar surface area (TPSA) is 118 Å². The Hall–Kier alpha value is -2.47. The van der Waals surface area contributed by atoms with E-state index in [1.807, 2.05) is 0 Å². The molecule has 0 saturated heterocycles. The molecule has 3 aromatic rings. The van der Waals surface area contributed by atoms with Gasteiger partial charge in [-0.2, -0.15) is 5.10 Å². The van der Waals surface area contributed by atoms with Crippen LogP contribution in [0.15, 0.2) is 47.2 Å². The average Bonchev–Trinajstić information content (AvgIpc) is 3.14. The summed E-state index contributed by atoms with van der Waals surface area (Å²) in [5.41, 5.74) is 1.88. The van der Waals surface area contributed by atoms with Gasteiger partial charge < -0.3 is 9.84 Å². The van der Waals surface area contributed by atoms with Crippen LogP contribution in [0.2, 0.25) is 5.02 Å². The SMILES string of the molecule is O=C(O)Cn1ncc2c1CCCC2N(c1cnc(Oc2ccccc2Cl)c(Br)c1)S(=O)O. The van der Waals surface area contributed by atoms with Crippen LogP contribution in [0.3, 0.4) is 0 Å². The van der Waals surface area contributed by atoms with Gasteiger partial charge in [0.1, 0.15) is 12.3 Å². The predicted molar refractivity (Wildman–Crippen MR) is 122 cm³/mol. The van der Waals surface area contributed by atoms with Gasteiger partial charge in [0.15, 0.2) is 0 Å². The molecule has 12 heteroatoms. The third-order valence-electron chi connectivity index (χ3n) is 5.06. The minimum atomic E-state index is -2.36. The molecule has 0 fully saturated rings. The Morgan fingerprint density at radius 2 is 2.16 bits per heavy atom. The lowest BCUT2D eigenvalue weighted by molar-refractivity contribution is -0.137. The Kier molecular flexibility index (Phi) is 6.79. The Bertz CT molecular complexity index is 1190. The van der Waals surface area contributed by atoms with E-state index >= 15 is 0 Å². The highest BCUT2D eigenvalue weighted by atomic mass is 79.9. The van der Waals surface area contributed by atoms with Crippen LogP contribution < -0.4 is 9.04 Å². The third-order valence-corrected chi connectivity index (χ3v) is 6.74. The van der Waals surface area contributed by atoms with Gasteiger partial charge in [0, 0.05) is 11.3 Å². The fourth-order valence-electron chi connectivity index (χ4n) is 3.72. The molecule has 168 valence electrons. The van der Waals surface area contributed by atoms with E-state index in [0.29, 0.717) is 33.8 Å². The van der Waals surface area contributed by atoms with Crippen LogP contribution in [0.25, 0.3) is 0 Å². The smallest absolute Gasteiger partial charge is 0.325 e. The maximum atomic E-state index is 12.3. The molecular formula is C20H18BrClN4O5S. The minimum Gasteiger partial charge on any atom is -0.480 e. The van der Waals surface area contributed by atoms with Crippen molar-refractivity contribution < 1.29 is 23.4 Å². The van der Waals surface area contributed by atoms with Crippen LogP contribution in [0.1, 0.15) is 30.1 Å².